The van der Waals surface area contributed by atoms with Crippen LogP contribution < -0.4 is 10.1 Å². The van der Waals surface area contributed by atoms with Crippen molar-refractivity contribution in [3.05, 3.63) is 51.9 Å². The van der Waals surface area contributed by atoms with Crippen molar-refractivity contribution >= 4 is 35.1 Å². The summed E-state index contributed by atoms with van der Waals surface area (Å²) in [6.45, 7) is 0.406. The van der Waals surface area contributed by atoms with Crippen LogP contribution in [0.25, 0.3) is 0 Å². The molecule has 1 aliphatic rings. The van der Waals surface area contributed by atoms with Gasteiger partial charge in [-0.1, -0.05) is 23.2 Å². The van der Waals surface area contributed by atoms with E-state index in [-0.39, 0.29) is 12.4 Å². The van der Waals surface area contributed by atoms with E-state index in [1.54, 1.807) is 24.3 Å². The molecule has 126 valence electrons. The summed E-state index contributed by atoms with van der Waals surface area (Å²) in [4.78, 5) is 23.4. The zero-order valence-electron chi connectivity index (χ0n) is 12.4. The van der Waals surface area contributed by atoms with Gasteiger partial charge in [0.05, 0.1) is 11.6 Å². The largest absolute Gasteiger partial charge is 0.484 e. The Bertz CT molecular complexity index is 774. The highest BCUT2D eigenvalue weighted by Gasteiger charge is 2.29. The Balaban J connectivity index is 1.58. The van der Waals surface area contributed by atoms with E-state index in [4.69, 9.17) is 37.1 Å². The van der Waals surface area contributed by atoms with Gasteiger partial charge >= 0.3 is 5.97 Å². The number of hydrogen-bond donors (Lipinski definition) is 1. The predicted octanol–water partition coefficient (Wildman–Crippen LogP) is 3.21. The van der Waals surface area contributed by atoms with Gasteiger partial charge in [0.2, 0.25) is 0 Å². The molecule has 24 heavy (non-hydrogen) atoms. The lowest BCUT2D eigenvalue weighted by molar-refractivity contribution is -0.139. The van der Waals surface area contributed by atoms with Crippen molar-refractivity contribution in [1.82, 2.24) is 5.32 Å². The molecule has 0 spiro atoms. The third-order valence-electron chi connectivity index (χ3n) is 3.39. The molecule has 0 saturated carbocycles. The van der Waals surface area contributed by atoms with E-state index in [1.165, 1.54) is 6.07 Å². The van der Waals surface area contributed by atoms with Crippen LogP contribution in [-0.4, -0.2) is 24.5 Å². The summed E-state index contributed by atoms with van der Waals surface area (Å²) in [7, 11) is 0. The van der Waals surface area contributed by atoms with Gasteiger partial charge in [-0.15, -0.1) is 0 Å². The number of carbonyl (C=O) groups is 2. The fourth-order valence-electron chi connectivity index (χ4n) is 2.17. The van der Waals surface area contributed by atoms with Crippen molar-refractivity contribution in [3.63, 3.8) is 0 Å². The summed E-state index contributed by atoms with van der Waals surface area (Å²) in [6, 6.07) is 7.37. The van der Waals surface area contributed by atoms with Gasteiger partial charge in [-0.05, 0) is 30.3 Å². The van der Waals surface area contributed by atoms with Crippen molar-refractivity contribution in [1.29, 1.82) is 0 Å². The number of ether oxygens (including phenoxy) is 2. The molecular formula is C16H13Cl2NO5. The van der Waals surface area contributed by atoms with Gasteiger partial charge in [0.15, 0.2) is 5.76 Å². The van der Waals surface area contributed by atoms with Crippen molar-refractivity contribution < 1.29 is 23.5 Å². The van der Waals surface area contributed by atoms with E-state index in [9.17, 15) is 9.59 Å². The minimum atomic E-state index is -0.629. The molecule has 0 aliphatic carbocycles. The molecule has 1 fully saturated rings. The number of carbonyl (C=O) groups excluding carboxylic acids is 2. The monoisotopic (exact) mass is 369 g/mol. The molecule has 2 aromatic rings. The van der Waals surface area contributed by atoms with Crippen molar-refractivity contribution in [2.24, 2.45) is 0 Å². The third kappa shape index (κ3) is 3.83. The Morgan fingerprint density at radius 2 is 2.12 bits per heavy atom. The maximum atomic E-state index is 12.0. The smallest absolute Gasteiger partial charge is 0.328 e. The maximum Gasteiger partial charge on any atom is 0.328 e. The van der Waals surface area contributed by atoms with Gasteiger partial charge in [0.1, 0.15) is 24.2 Å². The first-order chi connectivity index (χ1) is 11.5. The zero-order valence-corrected chi connectivity index (χ0v) is 13.9. The molecule has 0 unspecified atom stereocenters. The van der Waals surface area contributed by atoms with Gasteiger partial charge in [-0.25, -0.2) is 4.79 Å². The third-order valence-corrected chi connectivity index (χ3v) is 3.92. The molecule has 8 heteroatoms. The van der Waals surface area contributed by atoms with Gasteiger partial charge < -0.3 is 19.2 Å². The van der Waals surface area contributed by atoms with E-state index in [2.05, 4.69) is 5.32 Å². The van der Waals surface area contributed by atoms with Crippen LogP contribution in [0.2, 0.25) is 10.0 Å². The van der Waals surface area contributed by atoms with Crippen LogP contribution in [0.5, 0.6) is 5.75 Å². The maximum absolute atomic E-state index is 12.0. The highest BCUT2D eigenvalue weighted by molar-refractivity contribution is 6.35. The second-order valence-electron chi connectivity index (χ2n) is 5.11. The molecule has 2 heterocycles. The quantitative estimate of drug-likeness (QED) is 0.818. The molecule has 1 aliphatic heterocycles. The van der Waals surface area contributed by atoms with Gasteiger partial charge in [-0.2, -0.15) is 0 Å². The fourth-order valence-corrected chi connectivity index (χ4v) is 2.64. The Hall–Kier alpha value is -2.18. The highest BCUT2D eigenvalue weighted by Crippen LogP contribution is 2.28. The minimum Gasteiger partial charge on any atom is -0.484 e. The number of hydrogen-bond acceptors (Lipinski definition) is 5. The minimum absolute atomic E-state index is 0.0931. The fraction of sp³-hybridized carbons (Fsp3) is 0.250. The lowest BCUT2D eigenvalue weighted by atomic mass is 10.2. The lowest BCUT2D eigenvalue weighted by Crippen LogP contribution is -2.37. The van der Waals surface area contributed by atoms with Crippen LogP contribution in [0.4, 0.5) is 0 Å². The SMILES string of the molecule is O=C(N[C@@H]1CCOC1=O)c1ccc(COc2ccc(Cl)cc2Cl)o1. The molecule has 1 N–H and O–H groups in total. The summed E-state index contributed by atoms with van der Waals surface area (Å²) in [6.07, 6.45) is 0.455. The summed E-state index contributed by atoms with van der Waals surface area (Å²) >= 11 is 11.8. The molecule has 1 atom stereocenters. The molecule has 1 amide bonds. The number of rotatable bonds is 5. The number of esters is 1. The van der Waals surface area contributed by atoms with Gasteiger partial charge in [0, 0.05) is 11.4 Å². The number of nitrogens with one attached hydrogen (secondary N) is 1. The Kier molecular flexibility index (Phi) is 4.97. The van der Waals surface area contributed by atoms with Gasteiger partial charge in [0.25, 0.3) is 5.91 Å². The molecule has 1 saturated heterocycles. The first kappa shape index (κ1) is 16.7. The molecule has 6 nitrogen and oxygen atoms in total. The van der Waals surface area contributed by atoms with Crippen LogP contribution >= 0.6 is 23.2 Å². The van der Waals surface area contributed by atoms with Gasteiger partial charge in [-0.3, -0.25) is 4.79 Å². The van der Waals surface area contributed by atoms with E-state index in [0.29, 0.717) is 34.6 Å². The highest BCUT2D eigenvalue weighted by atomic mass is 35.5. The van der Waals surface area contributed by atoms with E-state index in [0.717, 1.165) is 0 Å². The molecule has 1 aromatic carbocycles. The summed E-state index contributed by atoms with van der Waals surface area (Å²) in [5, 5.41) is 3.45. The van der Waals surface area contributed by atoms with Crippen molar-refractivity contribution in [2.75, 3.05) is 6.61 Å². The second kappa shape index (κ2) is 7.15. The zero-order chi connectivity index (χ0) is 17.1. The summed E-state index contributed by atoms with van der Waals surface area (Å²) in [5.41, 5.74) is 0. The Labute approximate surface area is 147 Å². The summed E-state index contributed by atoms with van der Waals surface area (Å²) < 4.78 is 15.7. The molecule has 0 radical (unpaired) electrons. The Morgan fingerprint density at radius 3 is 2.83 bits per heavy atom. The first-order valence-corrected chi connectivity index (χ1v) is 7.92. The van der Waals surface area contributed by atoms with Crippen LogP contribution in [0, 0.1) is 0 Å². The average molecular weight is 370 g/mol. The normalized spacial score (nSPS) is 16.8. The molecule has 0 bridgehead atoms. The van der Waals surface area contributed by atoms with Crippen LogP contribution in [0.1, 0.15) is 22.7 Å². The second-order valence-corrected chi connectivity index (χ2v) is 5.96. The first-order valence-electron chi connectivity index (χ1n) is 7.17. The van der Waals surface area contributed by atoms with E-state index < -0.39 is 17.9 Å². The number of halogens is 2. The number of furan rings is 1. The van der Waals surface area contributed by atoms with E-state index >= 15 is 0 Å². The summed E-state index contributed by atoms with van der Waals surface area (Å²) in [5.74, 6) is 0.0818. The molecule has 3 rings (SSSR count). The number of cyclic esters (lactones) is 1. The number of amides is 1. The van der Waals surface area contributed by atoms with Crippen molar-refractivity contribution in [2.45, 2.75) is 19.1 Å². The molecule has 1 aromatic heterocycles. The van der Waals surface area contributed by atoms with E-state index in [1.807, 2.05) is 0 Å². The number of benzene rings is 1. The van der Waals surface area contributed by atoms with Crippen LogP contribution in [0.3, 0.4) is 0 Å². The predicted molar refractivity (Wildman–Crippen MR) is 86.3 cm³/mol. The Morgan fingerprint density at radius 1 is 1.29 bits per heavy atom. The van der Waals surface area contributed by atoms with Crippen LogP contribution in [-0.2, 0) is 16.1 Å². The molecular weight excluding hydrogens is 357 g/mol. The topological polar surface area (TPSA) is 77.8 Å². The standard InChI is InChI=1S/C16H13Cl2NO5/c17-9-1-3-13(11(18)7-9)23-8-10-2-4-14(24-10)15(20)19-12-5-6-22-16(12)21/h1-4,7,12H,5-6,8H2,(H,19,20)/t12-/m1/s1. The lowest BCUT2D eigenvalue weighted by Gasteiger charge is -2.07. The van der Waals surface area contributed by atoms with Crippen LogP contribution in [0.15, 0.2) is 34.7 Å². The van der Waals surface area contributed by atoms with Crippen molar-refractivity contribution in [3.8, 4) is 5.75 Å². The average Bonchev–Trinajstić information content (AvgIpc) is 3.16.